The van der Waals surface area contributed by atoms with Crippen LogP contribution in [0.15, 0.2) is 0 Å². The highest BCUT2D eigenvalue weighted by molar-refractivity contribution is 5.65. The fraction of sp³-hybridized carbons (Fsp3) is 0.900. The maximum absolute atomic E-state index is 9.82. The highest BCUT2D eigenvalue weighted by atomic mass is 16.5. The van der Waals surface area contributed by atoms with Crippen molar-refractivity contribution >= 4 is 5.97 Å². The third kappa shape index (κ3) is 63.8. The minimum atomic E-state index is -0.211. The van der Waals surface area contributed by atoms with Gasteiger partial charge in [-0.2, -0.15) is 0 Å². The summed E-state index contributed by atoms with van der Waals surface area (Å²) < 4.78 is 9.24. The summed E-state index contributed by atoms with van der Waals surface area (Å²) in [4.78, 5) is 9.82. The van der Waals surface area contributed by atoms with Gasteiger partial charge in [-0.3, -0.25) is 4.79 Å². The van der Waals surface area contributed by atoms with Gasteiger partial charge in [0.1, 0.15) is 0 Å². The van der Waals surface area contributed by atoms with Gasteiger partial charge in [-0.25, -0.2) is 0 Å². The third-order valence-electron chi connectivity index (χ3n) is 0.756. The van der Waals surface area contributed by atoms with Crippen molar-refractivity contribution in [1.82, 2.24) is 0 Å². The number of hydrogen-bond donors (Lipinski definition) is 1. The van der Waals surface area contributed by atoms with Crippen LogP contribution in [0.25, 0.3) is 0 Å². The maximum atomic E-state index is 9.82. The van der Waals surface area contributed by atoms with Gasteiger partial charge in [0.15, 0.2) is 0 Å². The average molecular weight is 208 g/mol. The molecule has 0 bridgehead atoms. The normalized spacial score (nSPS) is 7.57. The van der Waals surface area contributed by atoms with Crippen molar-refractivity contribution in [3.63, 3.8) is 0 Å². The molecule has 0 atom stereocenters. The van der Waals surface area contributed by atoms with E-state index in [1.165, 1.54) is 6.92 Å². The van der Waals surface area contributed by atoms with Crippen LogP contribution in [0.5, 0.6) is 0 Å². The van der Waals surface area contributed by atoms with Gasteiger partial charge in [-0.1, -0.05) is 0 Å². The van der Waals surface area contributed by atoms with Gasteiger partial charge in [0.2, 0.25) is 0 Å². The molecule has 0 aromatic carbocycles. The van der Waals surface area contributed by atoms with Crippen LogP contribution >= 0.6 is 0 Å². The predicted molar refractivity (Wildman–Crippen MR) is 57.2 cm³/mol. The molecule has 0 heterocycles. The molecule has 0 aromatic heterocycles. The highest BCUT2D eigenvalue weighted by Crippen LogP contribution is 1.69. The predicted octanol–water partition coefficient (Wildman–Crippen LogP) is 1.61. The van der Waals surface area contributed by atoms with Crippen molar-refractivity contribution < 1.29 is 19.4 Å². The van der Waals surface area contributed by atoms with E-state index in [4.69, 9.17) is 9.84 Å². The Labute approximate surface area is 87.2 Å². The molecule has 4 heteroatoms. The van der Waals surface area contributed by atoms with Gasteiger partial charge in [-0.15, -0.1) is 0 Å². The lowest BCUT2D eigenvalue weighted by atomic mass is 10.8. The zero-order valence-electron chi connectivity index (χ0n) is 10.0. The van der Waals surface area contributed by atoms with Crippen molar-refractivity contribution in [3.8, 4) is 0 Å². The molecule has 0 aromatic rings. The van der Waals surface area contributed by atoms with Gasteiger partial charge in [0.25, 0.3) is 0 Å². The van der Waals surface area contributed by atoms with Crippen molar-refractivity contribution in [2.24, 2.45) is 0 Å². The van der Waals surface area contributed by atoms with Crippen LogP contribution in [0.1, 0.15) is 34.6 Å². The lowest BCUT2D eigenvalue weighted by Gasteiger charge is -1.89. The number of ether oxygens (including phenoxy) is 2. The summed E-state index contributed by atoms with van der Waals surface area (Å²) in [6.07, 6.45) is 0. The van der Waals surface area contributed by atoms with Gasteiger partial charge < -0.3 is 14.6 Å². The first-order valence-corrected chi connectivity index (χ1v) is 4.92. The minimum absolute atomic E-state index is 0.211. The molecule has 4 nitrogen and oxygen atoms in total. The number of carbonyl (C=O) groups excluding carboxylic acids is 1. The number of aliphatic hydroxyl groups is 1. The van der Waals surface area contributed by atoms with Crippen LogP contribution in [0.4, 0.5) is 0 Å². The first-order valence-electron chi connectivity index (χ1n) is 4.92. The van der Waals surface area contributed by atoms with Crippen molar-refractivity contribution in [2.75, 3.05) is 26.4 Å². The fourth-order valence-corrected chi connectivity index (χ4v) is 0.407. The molecule has 0 aliphatic heterocycles. The molecule has 0 aliphatic carbocycles. The number of carbonyl (C=O) groups is 1. The summed E-state index contributed by atoms with van der Waals surface area (Å²) in [6, 6.07) is 0. The molecule has 0 saturated heterocycles. The molecule has 0 unspecified atom stereocenters. The summed E-state index contributed by atoms with van der Waals surface area (Å²) in [5.74, 6) is -0.211. The third-order valence-corrected chi connectivity index (χ3v) is 0.756. The van der Waals surface area contributed by atoms with Crippen LogP contribution in [-0.4, -0.2) is 37.5 Å². The molecular weight excluding hydrogens is 184 g/mol. The number of aliphatic hydroxyl groups excluding tert-OH is 1. The van der Waals surface area contributed by atoms with Gasteiger partial charge in [-0.05, 0) is 27.7 Å². The largest absolute Gasteiger partial charge is 0.466 e. The van der Waals surface area contributed by atoms with Crippen LogP contribution in [-0.2, 0) is 14.3 Å². The summed E-state index contributed by atoms with van der Waals surface area (Å²) in [5.41, 5.74) is 0. The van der Waals surface area contributed by atoms with E-state index in [0.29, 0.717) is 6.61 Å². The Morgan fingerprint density at radius 2 is 1.43 bits per heavy atom. The second-order valence-corrected chi connectivity index (χ2v) is 2.02. The Kier molecular flexibility index (Phi) is 31.1. The van der Waals surface area contributed by atoms with Crippen molar-refractivity contribution in [3.05, 3.63) is 0 Å². The van der Waals surface area contributed by atoms with Crippen LogP contribution in [0.2, 0.25) is 0 Å². The second kappa shape index (κ2) is 22.8. The Balaban J connectivity index is -0.000000138. The topological polar surface area (TPSA) is 55.8 Å². The maximum Gasteiger partial charge on any atom is 0.302 e. The Morgan fingerprint density at radius 3 is 1.43 bits per heavy atom. The van der Waals surface area contributed by atoms with E-state index >= 15 is 0 Å². The van der Waals surface area contributed by atoms with E-state index in [1.54, 1.807) is 13.8 Å². The number of rotatable bonds is 3. The zero-order valence-corrected chi connectivity index (χ0v) is 10.0. The van der Waals surface area contributed by atoms with Crippen molar-refractivity contribution in [2.45, 2.75) is 34.6 Å². The quantitative estimate of drug-likeness (QED) is 0.716. The molecule has 0 fully saturated rings. The molecule has 0 saturated carbocycles. The molecule has 1 N–H and O–H groups in total. The van der Waals surface area contributed by atoms with E-state index in [9.17, 15) is 4.79 Å². The van der Waals surface area contributed by atoms with Gasteiger partial charge in [0, 0.05) is 26.7 Å². The van der Waals surface area contributed by atoms with Crippen LogP contribution in [0, 0.1) is 0 Å². The summed E-state index contributed by atoms with van der Waals surface area (Å²) in [7, 11) is 0. The number of hydrogen-bond acceptors (Lipinski definition) is 4. The highest BCUT2D eigenvalue weighted by Gasteiger charge is 1.81. The minimum Gasteiger partial charge on any atom is -0.466 e. The molecule has 14 heavy (non-hydrogen) atoms. The van der Waals surface area contributed by atoms with E-state index in [0.717, 1.165) is 13.2 Å². The molecule has 0 spiro atoms. The SMILES string of the molecule is CCO.CCOC(C)=O.CCOCC. The monoisotopic (exact) mass is 208 g/mol. The first kappa shape index (κ1) is 19.0. The lowest BCUT2D eigenvalue weighted by Crippen LogP contribution is -1.95. The van der Waals surface area contributed by atoms with Crippen LogP contribution in [0.3, 0.4) is 0 Å². The Hall–Kier alpha value is -0.610. The number of esters is 1. The van der Waals surface area contributed by atoms with Crippen LogP contribution < -0.4 is 0 Å². The summed E-state index contributed by atoms with van der Waals surface area (Å²) in [5, 5.41) is 7.57. The summed E-state index contributed by atoms with van der Waals surface area (Å²) >= 11 is 0. The van der Waals surface area contributed by atoms with Gasteiger partial charge in [0.05, 0.1) is 6.61 Å². The second-order valence-electron chi connectivity index (χ2n) is 2.02. The van der Waals surface area contributed by atoms with E-state index < -0.39 is 0 Å². The van der Waals surface area contributed by atoms with Gasteiger partial charge >= 0.3 is 5.97 Å². The molecule has 0 amide bonds. The molecule has 0 radical (unpaired) electrons. The molecular formula is C10H24O4. The summed E-state index contributed by atoms with van der Waals surface area (Å²) in [6.45, 7) is 11.3. The smallest absolute Gasteiger partial charge is 0.302 e. The van der Waals surface area contributed by atoms with E-state index in [2.05, 4.69) is 4.74 Å². The molecule has 0 aliphatic rings. The lowest BCUT2D eigenvalue weighted by molar-refractivity contribution is -0.140. The standard InChI is InChI=1S/C4H8O2.C4H10O.C2H6O/c1-3-6-4(2)5;1-3-5-4-2;1-2-3/h3H2,1-2H3;3-4H2,1-2H3;3H,2H2,1H3. The van der Waals surface area contributed by atoms with Crippen molar-refractivity contribution in [1.29, 1.82) is 0 Å². The van der Waals surface area contributed by atoms with E-state index in [1.807, 2.05) is 13.8 Å². The Morgan fingerprint density at radius 1 is 1.07 bits per heavy atom. The average Bonchev–Trinajstić information content (AvgIpc) is 2.07. The van der Waals surface area contributed by atoms with E-state index in [-0.39, 0.29) is 12.6 Å². The molecule has 88 valence electrons. The molecule has 0 rings (SSSR count). The Bertz CT molecular complexity index is 92.1. The zero-order chi connectivity index (χ0) is 11.8. The fourth-order valence-electron chi connectivity index (χ4n) is 0.407. The first-order chi connectivity index (χ1) is 6.60.